The number of benzene rings is 2. The highest BCUT2D eigenvalue weighted by molar-refractivity contribution is 14.0. The van der Waals surface area contributed by atoms with Crippen molar-refractivity contribution in [2.24, 2.45) is 4.99 Å². The molecule has 0 unspecified atom stereocenters. The lowest BCUT2D eigenvalue weighted by Gasteiger charge is -2.15. The molecule has 0 radical (unpaired) electrons. The number of nitrogens with one attached hydrogen (secondary N) is 3. The van der Waals surface area contributed by atoms with Crippen molar-refractivity contribution >= 4 is 41.5 Å². The maximum absolute atomic E-state index is 13.2. The maximum Gasteiger partial charge on any atom is 0.387 e. The molecule has 0 heterocycles. The Hall–Kier alpha value is -2.70. The summed E-state index contributed by atoms with van der Waals surface area (Å²) in [5.41, 5.74) is 0.738. The van der Waals surface area contributed by atoms with Crippen molar-refractivity contribution in [1.29, 1.82) is 0 Å². The molecule has 0 aliphatic heterocycles. The highest BCUT2D eigenvalue weighted by atomic mass is 127. The summed E-state index contributed by atoms with van der Waals surface area (Å²) < 4.78 is 47.9. The highest BCUT2D eigenvalue weighted by Gasteiger charge is 2.12. The first kappa shape index (κ1) is 25.3. The third-order valence-corrected chi connectivity index (χ3v) is 3.68. The molecule has 0 aliphatic carbocycles. The number of guanidine groups is 1. The number of alkyl halides is 2. The minimum absolute atomic E-state index is 0. The van der Waals surface area contributed by atoms with Gasteiger partial charge in [-0.1, -0.05) is 6.07 Å². The quantitative estimate of drug-likeness (QED) is 0.273. The summed E-state index contributed by atoms with van der Waals surface area (Å²) in [6.07, 6.45) is 0. The van der Waals surface area contributed by atoms with Crippen LogP contribution in [0.2, 0.25) is 0 Å². The van der Waals surface area contributed by atoms with Crippen molar-refractivity contribution < 1.29 is 27.4 Å². The minimum Gasteiger partial charge on any atom is -0.497 e. The molecule has 0 aliphatic rings. The van der Waals surface area contributed by atoms with E-state index < -0.39 is 18.3 Å². The van der Waals surface area contributed by atoms with E-state index in [2.05, 4.69) is 25.7 Å². The number of hydrogen-bond acceptors (Lipinski definition) is 4. The van der Waals surface area contributed by atoms with Gasteiger partial charge in [0.05, 0.1) is 13.7 Å². The van der Waals surface area contributed by atoms with Gasteiger partial charge in [0.1, 0.15) is 17.3 Å². The molecule has 164 valence electrons. The van der Waals surface area contributed by atoms with Crippen LogP contribution in [0.25, 0.3) is 0 Å². The van der Waals surface area contributed by atoms with Crippen molar-refractivity contribution in [2.75, 3.05) is 26.0 Å². The second-order valence-electron chi connectivity index (χ2n) is 5.69. The van der Waals surface area contributed by atoms with Gasteiger partial charge in [0.15, 0.2) is 5.96 Å². The van der Waals surface area contributed by atoms with E-state index in [0.717, 1.165) is 0 Å². The van der Waals surface area contributed by atoms with Gasteiger partial charge < -0.3 is 25.4 Å². The molecule has 0 fully saturated rings. The molecule has 0 spiro atoms. The Morgan fingerprint density at radius 3 is 2.57 bits per heavy atom. The van der Waals surface area contributed by atoms with Crippen molar-refractivity contribution in [1.82, 2.24) is 10.6 Å². The molecule has 0 saturated heterocycles. The largest absolute Gasteiger partial charge is 0.497 e. The zero-order chi connectivity index (χ0) is 21.2. The van der Waals surface area contributed by atoms with Crippen LogP contribution in [0.4, 0.5) is 18.9 Å². The summed E-state index contributed by atoms with van der Waals surface area (Å²) in [5, 5.41) is 8.21. The van der Waals surface area contributed by atoms with Crippen LogP contribution in [0.3, 0.4) is 0 Å². The number of carbonyl (C=O) groups is 1. The molecule has 30 heavy (non-hydrogen) atoms. The van der Waals surface area contributed by atoms with Gasteiger partial charge in [-0.25, -0.2) is 4.39 Å². The number of hydrogen-bond donors (Lipinski definition) is 3. The molecule has 2 aromatic carbocycles. The molecule has 2 rings (SSSR count). The Bertz CT molecular complexity index is 869. The third kappa shape index (κ3) is 8.35. The van der Waals surface area contributed by atoms with E-state index in [1.165, 1.54) is 44.5 Å². The molecule has 0 bridgehead atoms. The first-order chi connectivity index (χ1) is 13.9. The molecule has 11 heteroatoms. The molecule has 1 amide bonds. The number of anilines is 1. The first-order valence-corrected chi connectivity index (χ1v) is 8.53. The van der Waals surface area contributed by atoms with E-state index in [1.54, 1.807) is 12.1 Å². The summed E-state index contributed by atoms with van der Waals surface area (Å²) in [4.78, 5) is 15.9. The normalized spacial score (nSPS) is 10.8. The van der Waals surface area contributed by atoms with E-state index in [1.807, 2.05) is 0 Å². The minimum atomic E-state index is -2.97. The van der Waals surface area contributed by atoms with Crippen molar-refractivity contribution in [3.05, 3.63) is 53.8 Å². The summed E-state index contributed by atoms with van der Waals surface area (Å²) in [7, 11) is 2.94. The van der Waals surface area contributed by atoms with Crippen LogP contribution in [0.5, 0.6) is 11.5 Å². The molecule has 0 atom stereocenters. The Labute approximate surface area is 189 Å². The van der Waals surface area contributed by atoms with Crippen molar-refractivity contribution in [2.45, 2.75) is 13.2 Å². The predicted octanol–water partition coefficient (Wildman–Crippen LogP) is 3.36. The zero-order valence-corrected chi connectivity index (χ0v) is 18.6. The Kier molecular flexibility index (Phi) is 10.8. The summed E-state index contributed by atoms with van der Waals surface area (Å²) in [5.74, 6) is -0.159. The fourth-order valence-corrected chi connectivity index (χ4v) is 2.37. The SMILES string of the molecule is CN=C(NCC(=O)Nc1cccc(F)c1)NCc1cc(OC)ccc1OC(F)F.I. The molecule has 0 saturated carbocycles. The van der Waals surface area contributed by atoms with E-state index >= 15 is 0 Å². The van der Waals surface area contributed by atoms with Crippen LogP contribution < -0.4 is 25.4 Å². The van der Waals surface area contributed by atoms with E-state index in [4.69, 9.17) is 4.74 Å². The van der Waals surface area contributed by atoms with Gasteiger partial charge in [0, 0.05) is 24.8 Å². The van der Waals surface area contributed by atoms with Crippen molar-refractivity contribution in [3.63, 3.8) is 0 Å². The number of aliphatic imine (C=N–C) groups is 1. The summed E-state index contributed by atoms with van der Waals surface area (Å²) in [6.45, 7) is -3.02. The van der Waals surface area contributed by atoms with Crippen molar-refractivity contribution in [3.8, 4) is 11.5 Å². The Morgan fingerprint density at radius 2 is 1.93 bits per heavy atom. The topological polar surface area (TPSA) is 84.0 Å². The molecule has 2 aromatic rings. The predicted molar refractivity (Wildman–Crippen MR) is 118 cm³/mol. The van der Waals surface area contributed by atoms with Gasteiger partial charge in [-0.05, 0) is 36.4 Å². The van der Waals surface area contributed by atoms with Crippen LogP contribution in [-0.2, 0) is 11.3 Å². The molecular formula is C19H22F3IN4O3. The average Bonchev–Trinajstić information content (AvgIpc) is 2.68. The standard InChI is InChI=1S/C19H21F3N4O3.HI/c1-23-19(25-11-17(27)26-14-5-3-4-13(20)9-14)24-10-12-8-15(28-2)6-7-16(12)29-18(21)22;/h3-9,18H,10-11H2,1-2H3,(H,26,27)(H2,23,24,25);1H. The van der Waals surface area contributed by atoms with Crippen LogP contribution in [0.1, 0.15) is 5.56 Å². The lowest BCUT2D eigenvalue weighted by Crippen LogP contribution is -2.41. The average molecular weight is 538 g/mol. The third-order valence-electron chi connectivity index (χ3n) is 3.68. The molecule has 0 aromatic heterocycles. The van der Waals surface area contributed by atoms with Gasteiger partial charge >= 0.3 is 6.61 Å². The monoisotopic (exact) mass is 538 g/mol. The van der Waals surface area contributed by atoms with Crippen LogP contribution in [0.15, 0.2) is 47.5 Å². The number of carbonyl (C=O) groups excluding carboxylic acids is 1. The van der Waals surface area contributed by atoms with Crippen LogP contribution in [0, 0.1) is 5.82 Å². The van der Waals surface area contributed by atoms with E-state index in [9.17, 15) is 18.0 Å². The Morgan fingerprint density at radius 1 is 1.17 bits per heavy atom. The lowest BCUT2D eigenvalue weighted by atomic mass is 10.2. The van der Waals surface area contributed by atoms with Gasteiger partial charge in [-0.3, -0.25) is 9.79 Å². The molecule has 7 nitrogen and oxygen atoms in total. The number of amides is 1. The highest BCUT2D eigenvalue weighted by Crippen LogP contribution is 2.25. The number of rotatable bonds is 8. The first-order valence-electron chi connectivity index (χ1n) is 8.53. The fourth-order valence-electron chi connectivity index (χ4n) is 2.37. The fraction of sp³-hybridized carbons (Fsp3) is 0.263. The maximum atomic E-state index is 13.2. The van der Waals surface area contributed by atoms with Gasteiger partial charge in [-0.15, -0.1) is 24.0 Å². The van der Waals surface area contributed by atoms with Gasteiger partial charge in [0.2, 0.25) is 5.91 Å². The number of nitrogens with zero attached hydrogens (tertiary/aromatic N) is 1. The molecule has 3 N–H and O–H groups in total. The molecular weight excluding hydrogens is 516 g/mol. The van der Waals surface area contributed by atoms with Gasteiger partial charge in [-0.2, -0.15) is 8.78 Å². The smallest absolute Gasteiger partial charge is 0.387 e. The zero-order valence-electron chi connectivity index (χ0n) is 16.2. The van der Waals surface area contributed by atoms with Crippen LogP contribution >= 0.6 is 24.0 Å². The van der Waals surface area contributed by atoms with Crippen LogP contribution in [-0.4, -0.2) is 39.2 Å². The second-order valence-corrected chi connectivity index (χ2v) is 5.69. The Balaban J connectivity index is 0.00000450. The van der Waals surface area contributed by atoms with Gasteiger partial charge in [0.25, 0.3) is 0 Å². The van der Waals surface area contributed by atoms with E-state index in [0.29, 0.717) is 17.0 Å². The number of halogens is 4. The summed E-state index contributed by atoms with van der Waals surface area (Å²) in [6, 6.07) is 9.93. The lowest BCUT2D eigenvalue weighted by molar-refractivity contribution is -0.115. The van der Waals surface area contributed by atoms with E-state index in [-0.39, 0.29) is 48.8 Å². The number of methoxy groups -OCH3 is 1. The number of ether oxygens (including phenoxy) is 2. The second kappa shape index (κ2) is 12.8. The summed E-state index contributed by atoms with van der Waals surface area (Å²) >= 11 is 0.